The maximum Gasteiger partial charge on any atom is 0.238 e. The Morgan fingerprint density at radius 3 is 2.75 bits per heavy atom. The number of hydrogen-bond acceptors (Lipinski definition) is 4. The monoisotopic (exact) mass is 223 g/mol. The van der Waals surface area contributed by atoms with Crippen LogP contribution in [0, 0.1) is 0 Å². The molecule has 0 spiro atoms. The lowest BCUT2D eigenvalue weighted by molar-refractivity contribution is -0.115. The topological polar surface area (TPSA) is 63.2 Å². The van der Waals surface area contributed by atoms with Gasteiger partial charge in [0.15, 0.2) is 0 Å². The summed E-state index contributed by atoms with van der Waals surface area (Å²) in [6, 6.07) is 3.74. The van der Waals surface area contributed by atoms with Crippen LogP contribution in [0.15, 0.2) is 18.3 Å². The number of methoxy groups -OCH3 is 1. The lowest BCUT2D eigenvalue weighted by Gasteiger charge is -2.08. The van der Waals surface area contributed by atoms with Crippen LogP contribution >= 0.6 is 0 Å². The second kappa shape index (κ2) is 6.07. The van der Waals surface area contributed by atoms with Crippen LogP contribution in [-0.2, 0) is 4.79 Å². The standard InChI is InChI=1S/C11H17N3O2/c1-8(2)12-7-10(15)14-9-4-5-11(16-3)13-6-9/h4-6,8,12H,7H2,1-3H3,(H,14,15). The number of ether oxygens (including phenoxy) is 1. The van der Waals surface area contributed by atoms with Crippen molar-refractivity contribution in [2.24, 2.45) is 0 Å². The summed E-state index contributed by atoms with van der Waals surface area (Å²) in [6.45, 7) is 4.27. The molecule has 5 nitrogen and oxygen atoms in total. The van der Waals surface area contributed by atoms with Gasteiger partial charge in [-0.05, 0) is 6.07 Å². The SMILES string of the molecule is COc1ccc(NC(=O)CNC(C)C)cn1. The molecule has 0 atom stereocenters. The molecule has 16 heavy (non-hydrogen) atoms. The average Bonchev–Trinajstić information content (AvgIpc) is 2.27. The number of nitrogens with one attached hydrogen (secondary N) is 2. The summed E-state index contributed by atoms with van der Waals surface area (Å²) in [7, 11) is 1.55. The highest BCUT2D eigenvalue weighted by atomic mass is 16.5. The molecule has 0 unspecified atom stereocenters. The molecule has 0 aliphatic carbocycles. The predicted octanol–water partition coefficient (Wildman–Crippen LogP) is 1.03. The van der Waals surface area contributed by atoms with Crippen molar-refractivity contribution in [2.75, 3.05) is 19.0 Å². The van der Waals surface area contributed by atoms with E-state index in [1.54, 1.807) is 25.4 Å². The van der Waals surface area contributed by atoms with Crippen LogP contribution in [0.1, 0.15) is 13.8 Å². The quantitative estimate of drug-likeness (QED) is 0.782. The maximum absolute atomic E-state index is 11.4. The first-order valence-electron chi connectivity index (χ1n) is 5.15. The minimum atomic E-state index is -0.0827. The largest absolute Gasteiger partial charge is 0.481 e. The lowest BCUT2D eigenvalue weighted by Crippen LogP contribution is -2.32. The molecule has 0 bridgehead atoms. The fourth-order valence-electron chi connectivity index (χ4n) is 1.08. The highest BCUT2D eigenvalue weighted by Gasteiger charge is 2.03. The van der Waals surface area contributed by atoms with Crippen LogP contribution in [0.4, 0.5) is 5.69 Å². The van der Waals surface area contributed by atoms with Crippen molar-refractivity contribution < 1.29 is 9.53 Å². The van der Waals surface area contributed by atoms with E-state index in [9.17, 15) is 4.79 Å². The minimum Gasteiger partial charge on any atom is -0.481 e. The molecule has 1 aromatic rings. The second-order valence-corrected chi connectivity index (χ2v) is 3.67. The van der Waals surface area contributed by atoms with Gasteiger partial charge >= 0.3 is 0 Å². The van der Waals surface area contributed by atoms with Gasteiger partial charge in [0, 0.05) is 12.1 Å². The molecule has 0 saturated carbocycles. The van der Waals surface area contributed by atoms with Crippen molar-refractivity contribution in [1.29, 1.82) is 0 Å². The summed E-state index contributed by atoms with van der Waals surface area (Å²) in [4.78, 5) is 15.4. The van der Waals surface area contributed by atoms with E-state index in [2.05, 4.69) is 15.6 Å². The fraction of sp³-hybridized carbons (Fsp3) is 0.455. The molecule has 1 amide bonds. The minimum absolute atomic E-state index is 0.0827. The van der Waals surface area contributed by atoms with E-state index >= 15 is 0 Å². The van der Waals surface area contributed by atoms with Crippen molar-refractivity contribution in [3.05, 3.63) is 18.3 Å². The molecule has 0 fully saturated rings. The number of carbonyl (C=O) groups excluding carboxylic acids is 1. The van der Waals surface area contributed by atoms with Gasteiger partial charge in [-0.25, -0.2) is 4.98 Å². The first-order chi connectivity index (χ1) is 7.61. The van der Waals surface area contributed by atoms with Crippen LogP contribution in [0.25, 0.3) is 0 Å². The molecule has 88 valence electrons. The Balaban J connectivity index is 2.43. The van der Waals surface area contributed by atoms with Gasteiger partial charge in [0.1, 0.15) is 0 Å². The van der Waals surface area contributed by atoms with Crippen LogP contribution < -0.4 is 15.4 Å². The van der Waals surface area contributed by atoms with Crippen LogP contribution in [-0.4, -0.2) is 30.6 Å². The van der Waals surface area contributed by atoms with Crippen molar-refractivity contribution in [1.82, 2.24) is 10.3 Å². The van der Waals surface area contributed by atoms with Gasteiger partial charge in [-0.1, -0.05) is 13.8 Å². The molecular weight excluding hydrogens is 206 g/mol. The number of nitrogens with zero attached hydrogens (tertiary/aromatic N) is 1. The summed E-state index contributed by atoms with van der Waals surface area (Å²) in [5.74, 6) is 0.443. The summed E-state index contributed by atoms with van der Waals surface area (Å²) in [5.41, 5.74) is 0.663. The Kier molecular flexibility index (Phi) is 4.72. The van der Waals surface area contributed by atoms with E-state index in [1.165, 1.54) is 0 Å². The van der Waals surface area contributed by atoms with Crippen molar-refractivity contribution in [3.63, 3.8) is 0 Å². The Hall–Kier alpha value is -1.62. The zero-order valence-corrected chi connectivity index (χ0v) is 9.78. The van der Waals surface area contributed by atoms with Crippen molar-refractivity contribution >= 4 is 11.6 Å². The van der Waals surface area contributed by atoms with Crippen molar-refractivity contribution in [3.8, 4) is 5.88 Å². The molecule has 5 heteroatoms. The number of anilines is 1. The summed E-state index contributed by atoms with van der Waals surface area (Å²) in [6.07, 6.45) is 1.56. The average molecular weight is 223 g/mol. The Bertz CT molecular complexity index is 336. The Morgan fingerprint density at radius 1 is 1.50 bits per heavy atom. The van der Waals surface area contributed by atoms with Gasteiger partial charge in [-0.3, -0.25) is 4.79 Å². The number of amides is 1. The molecule has 0 radical (unpaired) electrons. The van der Waals surface area contributed by atoms with Gasteiger partial charge < -0.3 is 15.4 Å². The molecule has 0 aliphatic heterocycles. The van der Waals surface area contributed by atoms with Crippen LogP contribution in [0.5, 0.6) is 5.88 Å². The lowest BCUT2D eigenvalue weighted by atomic mass is 10.3. The predicted molar refractivity (Wildman–Crippen MR) is 62.6 cm³/mol. The molecule has 0 aliphatic rings. The molecule has 0 saturated heterocycles. The number of hydrogen-bond donors (Lipinski definition) is 2. The smallest absolute Gasteiger partial charge is 0.238 e. The molecule has 2 N–H and O–H groups in total. The van der Waals surface area contributed by atoms with Gasteiger partial charge in [0.25, 0.3) is 0 Å². The summed E-state index contributed by atoms with van der Waals surface area (Å²) < 4.78 is 4.92. The van der Waals surface area contributed by atoms with Crippen molar-refractivity contribution in [2.45, 2.75) is 19.9 Å². The Morgan fingerprint density at radius 2 is 2.25 bits per heavy atom. The third-order valence-electron chi connectivity index (χ3n) is 1.90. The highest BCUT2D eigenvalue weighted by molar-refractivity contribution is 5.92. The van der Waals surface area contributed by atoms with Gasteiger partial charge in [-0.15, -0.1) is 0 Å². The normalized spacial score (nSPS) is 10.2. The number of carbonyl (C=O) groups is 1. The van der Waals surface area contributed by atoms with Crippen LogP contribution in [0.2, 0.25) is 0 Å². The number of rotatable bonds is 5. The van der Waals surface area contributed by atoms with E-state index in [0.29, 0.717) is 24.2 Å². The highest BCUT2D eigenvalue weighted by Crippen LogP contribution is 2.10. The molecule has 0 aromatic carbocycles. The Labute approximate surface area is 95.2 Å². The fourth-order valence-corrected chi connectivity index (χ4v) is 1.08. The van der Waals surface area contributed by atoms with E-state index in [0.717, 1.165) is 0 Å². The first-order valence-corrected chi connectivity index (χ1v) is 5.15. The van der Waals surface area contributed by atoms with E-state index in [1.807, 2.05) is 13.8 Å². The van der Waals surface area contributed by atoms with E-state index in [4.69, 9.17) is 4.74 Å². The molecule has 1 aromatic heterocycles. The maximum atomic E-state index is 11.4. The van der Waals surface area contributed by atoms with E-state index < -0.39 is 0 Å². The van der Waals surface area contributed by atoms with Gasteiger partial charge in [0.2, 0.25) is 11.8 Å². The molecule has 1 heterocycles. The van der Waals surface area contributed by atoms with Crippen LogP contribution in [0.3, 0.4) is 0 Å². The third kappa shape index (κ3) is 4.27. The zero-order valence-electron chi connectivity index (χ0n) is 9.78. The number of aromatic nitrogens is 1. The summed E-state index contributed by atoms with van der Waals surface area (Å²) in [5, 5.41) is 5.76. The van der Waals surface area contributed by atoms with Gasteiger partial charge in [0.05, 0.1) is 25.5 Å². The van der Waals surface area contributed by atoms with E-state index in [-0.39, 0.29) is 5.91 Å². The first kappa shape index (κ1) is 12.4. The van der Waals surface area contributed by atoms with Gasteiger partial charge in [-0.2, -0.15) is 0 Å². The summed E-state index contributed by atoms with van der Waals surface area (Å²) >= 11 is 0. The molecular formula is C11H17N3O2. The second-order valence-electron chi connectivity index (χ2n) is 3.67. The molecule has 1 rings (SSSR count). The zero-order chi connectivity index (χ0) is 12.0. The third-order valence-corrected chi connectivity index (χ3v) is 1.90. The number of pyridine rings is 1.